The highest BCUT2D eigenvalue weighted by Gasteiger charge is 2.42. The molecule has 0 atom stereocenters. The van der Waals surface area contributed by atoms with E-state index in [1.807, 2.05) is 0 Å². The van der Waals surface area contributed by atoms with E-state index in [1.165, 1.54) is 0 Å². The van der Waals surface area contributed by atoms with Gasteiger partial charge >= 0.3 is 6.11 Å². The Morgan fingerprint density at radius 3 is 1.62 bits per heavy atom. The highest BCUT2D eigenvalue weighted by Crippen LogP contribution is 2.38. The van der Waals surface area contributed by atoms with Crippen LogP contribution in [0.15, 0.2) is 0 Å². The molecule has 1 aromatic rings. The van der Waals surface area contributed by atoms with Crippen LogP contribution in [0, 0.1) is 23.3 Å². The monoisotopic (exact) mass is 246 g/mol. The van der Waals surface area contributed by atoms with Crippen molar-refractivity contribution >= 4 is 0 Å². The number of hydrogen-bond donors (Lipinski definition) is 1. The molecule has 16 heavy (non-hydrogen) atoms. The van der Waals surface area contributed by atoms with E-state index in [0.717, 1.165) is 0 Å². The molecule has 0 radical (unpaired) electrons. The number of hydrogen-bond acceptors (Lipinski definition) is 2. The van der Waals surface area contributed by atoms with E-state index in [2.05, 4.69) is 4.74 Å². The summed E-state index contributed by atoms with van der Waals surface area (Å²) in [7, 11) is 0.390. The van der Waals surface area contributed by atoms with Crippen molar-refractivity contribution in [1.82, 2.24) is 0 Å². The van der Waals surface area contributed by atoms with Crippen molar-refractivity contribution in [2.75, 3.05) is 7.11 Å². The van der Waals surface area contributed by atoms with Crippen LogP contribution in [-0.2, 0) is 10.8 Å². The van der Waals surface area contributed by atoms with Crippen molar-refractivity contribution in [3.8, 4) is 5.75 Å². The molecule has 0 aliphatic rings. The van der Waals surface area contributed by atoms with Gasteiger partial charge in [0.05, 0.1) is 0 Å². The summed E-state index contributed by atoms with van der Waals surface area (Å²) < 4.78 is 80.1. The fourth-order valence-corrected chi connectivity index (χ4v) is 0.978. The summed E-state index contributed by atoms with van der Waals surface area (Å²) in [5, 5.41) is 8.52. The molecule has 0 heterocycles. The van der Waals surface area contributed by atoms with Gasteiger partial charge in [-0.15, -0.1) is 0 Å². The number of phenolic OH excluding ortho intramolecular Hbond substituents is 1. The van der Waals surface area contributed by atoms with E-state index in [4.69, 9.17) is 5.11 Å². The number of benzene rings is 1. The first-order valence-corrected chi connectivity index (χ1v) is 3.72. The molecule has 0 unspecified atom stereocenters. The first-order valence-electron chi connectivity index (χ1n) is 3.72. The number of alkyl halides is 2. The third-order valence-corrected chi connectivity index (χ3v) is 1.79. The van der Waals surface area contributed by atoms with Crippen LogP contribution in [0.4, 0.5) is 26.3 Å². The molecule has 8 heteroatoms. The summed E-state index contributed by atoms with van der Waals surface area (Å²) in [6.45, 7) is 0. The van der Waals surface area contributed by atoms with Crippen LogP contribution >= 0.6 is 0 Å². The third-order valence-electron chi connectivity index (χ3n) is 1.79. The van der Waals surface area contributed by atoms with Gasteiger partial charge in [0, 0.05) is 7.11 Å². The van der Waals surface area contributed by atoms with Gasteiger partial charge in [-0.3, -0.25) is 0 Å². The minimum Gasteiger partial charge on any atom is -0.503 e. The second-order valence-corrected chi connectivity index (χ2v) is 2.70. The average molecular weight is 246 g/mol. The van der Waals surface area contributed by atoms with Crippen LogP contribution < -0.4 is 0 Å². The van der Waals surface area contributed by atoms with Crippen LogP contribution in [0.3, 0.4) is 0 Å². The van der Waals surface area contributed by atoms with E-state index in [0.29, 0.717) is 7.11 Å². The van der Waals surface area contributed by atoms with Gasteiger partial charge in [-0.2, -0.15) is 17.6 Å². The maximum Gasteiger partial charge on any atom is 0.389 e. The van der Waals surface area contributed by atoms with E-state index in [1.54, 1.807) is 0 Å². The molecule has 0 amide bonds. The smallest absolute Gasteiger partial charge is 0.389 e. The third kappa shape index (κ3) is 1.69. The number of rotatable bonds is 2. The molecular formula is C8H4F6O2. The van der Waals surface area contributed by atoms with E-state index < -0.39 is 40.7 Å². The predicted molar refractivity (Wildman–Crippen MR) is 38.8 cm³/mol. The Morgan fingerprint density at radius 2 is 1.31 bits per heavy atom. The topological polar surface area (TPSA) is 29.5 Å². The van der Waals surface area contributed by atoms with E-state index in [9.17, 15) is 26.3 Å². The van der Waals surface area contributed by atoms with Gasteiger partial charge in [0.25, 0.3) is 0 Å². The maximum absolute atomic E-state index is 12.9. The fraction of sp³-hybridized carbons (Fsp3) is 0.250. The highest BCUT2D eigenvalue weighted by atomic mass is 19.3. The van der Waals surface area contributed by atoms with Gasteiger partial charge in [-0.25, -0.2) is 8.78 Å². The number of phenols is 1. The zero-order valence-electron chi connectivity index (χ0n) is 7.62. The van der Waals surface area contributed by atoms with Crippen LogP contribution in [0.1, 0.15) is 5.56 Å². The Balaban J connectivity index is 3.65. The Morgan fingerprint density at radius 1 is 0.938 bits per heavy atom. The largest absolute Gasteiger partial charge is 0.503 e. The van der Waals surface area contributed by atoms with Crippen molar-refractivity contribution in [3.05, 3.63) is 28.8 Å². The quantitative estimate of drug-likeness (QED) is 0.642. The van der Waals surface area contributed by atoms with Gasteiger partial charge < -0.3 is 9.84 Å². The van der Waals surface area contributed by atoms with Gasteiger partial charge in [0.2, 0.25) is 11.6 Å². The molecule has 0 bridgehead atoms. The zero-order chi connectivity index (χ0) is 12.7. The second kappa shape index (κ2) is 3.85. The summed E-state index contributed by atoms with van der Waals surface area (Å²) in [5.74, 6) is -11.5. The molecule has 0 aromatic heterocycles. The molecule has 1 aromatic carbocycles. The number of ether oxygens (including phenoxy) is 1. The highest BCUT2D eigenvalue weighted by molar-refractivity contribution is 5.34. The molecule has 1 N–H and O–H groups in total. The van der Waals surface area contributed by atoms with Gasteiger partial charge in [-0.05, 0) is 0 Å². The van der Waals surface area contributed by atoms with Crippen LogP contribution in [0.5, 0.6) is 5.75 Å². The molecule has 0 aliphatic carbocycles. The number of halogens is 6. The molecular weight excluding hydrogens is 242 g/mol. The van der Waals surface area contributed by atoms with E-state index in [-0.39, 0.29) is 0 Å². The summed E-state index contributed by atoms with van der Waals surface area (Å²) in [6.07, 6.45) is -4.55. The van der Waals surface area contributed by atoms with Crippen LogP contribution in [0.2, 0.25) is 0 Å². The lowest BCUT2D eigenvalue weighted by Crippen LogP contribution is -2.21. The molecule has 0 spiro atoms. The lowest BCUT2D eigenvalue weighted by molar-refractivity contribution is -0.235. The Labute approximate surface area is 85.1 Å². The zero-order valence-corrected chi connectivity index (χ0v) is 7.62. The lowest BCUT2D eigenvalue weighted by atomic mass is 10.1. The second-order valence-electron chi connectivity index (χ2n) is 2.70. The van der Waals surface area contributed by atoms with Gasteiger partial charge in [0.15, 0.2) is 17.4 Å². The van der Waals surface area contributed by atoms with Crippen molar-refractivity contribution < 1.29 is 36.2 Å². The molecule has 1 rings (SSSR count). The van der Waals surface area contributed by atoms with Crippen LogP contribution in [-0.4, -0.2) is 12.2 Å². The Kier molecular flexibility index (Phi) is 3.04. The van der Waals surface area contributed by atoms with Crippen molar-refractivity contribution in [3.63, 3.8) is 0 Å². The molecule has 0 aliphatic heterocycles. The first kappa shape index (κ1) is 12.6. The minimum absolute atomic E-state index is 0.390. The van der Waals surface area contributed by atoms with Crippen molar-refractivity contribution in [1.29, 1.82) is 0 Å². The fourth-order valence-electron chi connectivity index (χ4n) is 0.978. The predicted octanol–water partition coefficient (Wildman–Crippen LogP) is 2.64. The minimum atomic E-state index is -4.55. The molecule has 90 valence electrons. The molecule has 0 fully saturated rings. The summed E-state index contributed by atoms with van der Waals surface area (Å²) in [5.41, 5.74) is -2.23. The average Bonchev–Trinajstić information content (AvgIpc) is 2.23. The van der Waals surface area contributed by atoms with E-state index >= 15 is 0 Å². The van der Waals surface area contributed by atoms with Gasteiger partial charge in [-0.1, -0.05) is 0 Å². The van der Waals surface area contributed by atoms with Crippen LogP contribution in [0.25, 0.3) is 0 Å². The van der Waals surface area contributed by atoms with Crippen molar-refractivity contribution in [2.24, 2.45) is 0 Å². The Bertz CT molecular complexity index is 402. The maximum atomic E-state index is 12.9. The van der Waals surface area contributed by atoms with Gasteiger partial charge in [0.1, 0.15) is 5.56 Å². The molecule has 2 nitrogen and oxygen atoms in total. The molecule has 0 saturated heterocycles. The van der Waals surface area contributed by atoms with Crippen molar-refractivity contribution in [2.45, 2.75) is 6.11 Å². The number of aromatic hydroxyl groups is 1. The normalized spacial score (nSPS) is 11.9. The summed E-state index contributed by atoms with van der Waals surface area (Å²) in [4.78, 5) is 0. The number of methoxy groups -OCH3 is 1. The summed E-state index contributed by atoms with van der Waals surface area (Å²) in [6, 6.07) is 0. The standard InChI is InChI=1S/C8H4F6O2/c1-16-8(13,14)2-3(9)5(11)7(15)6(12)4(2)10/h15H,1H3. The first-order chi connectivity index (χ1) is 7.24. The Hall–Kier alpha value is -1.44. The lowest BCUT2D eigenvalue weighted by Gasteiger charge is -2.16. The SMILES string of the molecule is COC(F)(F)c1c(F)c(F)c(O)c(F)c1F. The molecule has 0 saturated carbocycles. The summed E-state index contributed by atoms with van der Waals surface area (Å²) >= 11 is 0.